The van der Waals surface area contributed by atoms with Crippen LogP contribution in [-0.4, -0.2) is 25.1 Å². The summed E-state index contributed by atoms with van der Waals surface area (Å²) in [6, 6.07) is 7.11. The number of carbonyl (C=O) groups is 2. The van der Waals surface area contributed by atoms with E-state index in [1.54, 1.807) is 25.1 Å². The Hall–Kier alpha value is -2.05. The van der Waals surface area contributed by atoms with E-state index in [9.17, 15) is 9.59 Å². The van der Waals surface area contributed by atoms with Gasteiger partial charge in [0.05, 0.1) is 17.2 Å². The van der Waals surface area contributed by atoms with E-state index >= 15 is 0 Å². The van der Waals surface area contributed by atoms with Gasteiger partial charge in [-0.2, -0.15) is 0 Å². The Kier molecular flexibility index (Phi) is 7.06. The first-order valence-corrected chi connectivity index (χ1v) is 9.50. The Balaban J connectivity index is 2.10. The molecule has 0 saturated carbocycles. The second-order valence-electron chi connectivity index (χ2n) is 6.04. The molecule has 5 nitrogen and oxygen atoms in total. The van der Waals surface area contributed by atoms with Crippen LogP contribution in [-0.2, 0) is 9.53 Å². The minimum Gasteiger partial charge on any atom is -0.482 e. The van der Waals surface area contributed by atoms with E-state index in [0.29, 0.717) is 21.3 Å². The van der Waals surface area contributed by atoms with Crippen LogP contribution >= 0.6 is 22.9 Å². The summed E-state index contributed by atoms with van der Waals surface area (Å²) in [5.74, 6) is -0.137. The lowest BCUT2D eigenvalue weighted by molar-refractivity contribution is -0.118. The number of nitrogens with one attached hydrogen (secondary N) is 1. The highest BCUT2D eigenvalue weighted by atomic mass is 35.5. The SMILES string of the molecule is CCOC(=O)c1cc(C(C)C)sc1NC(=O)COc1cc(C)ccc1Cl. The lowest BCUT2D eigenvalue weighted by atomic mass is 10.1. The van der Waals surface area contributed by atoms with E-state index in [2.05, 4.69) is 5.32 Å². The van der Waals surface area contributed by atoms with Gasteiger partial charge in [-0.1, -0.05) is 31.5 Å². The van der Waals surface area contributed by atoms with Gasteiger partial charge in [-0.25, -0.2) is 4.79 Å². The van der Waals surface area contributed by atoms with Crippen molar-refractivity contribution in [2.75, 3.05) is 18.5 Å². The van der Waals surface area contributed by atoms with Gasteiger partial charge in [0.1, 0.15) is 10.8 Å². The molecule has 2 rings (SSSR count). The van der Waals surface area contributed by atoms with Gasteiger partial charge in [-0.15, -0.1) is 11.3 Å². The van der Waals surface area contributed by atoms with Crippen LogP contribution in [0.25, 0.3) is 0 Å². The van der Waals surface area contributed by atoms with Crippen molar-refractivity contribution in [1.29, 1.82) is 0 Å². The zero-order valence-electron chi connectivity index (χ0n) is 15.2. The summed E-state index contributed by atoms with van der Waals surface area (Å²) in [5, 5.41) is 3.65. The van der Waals surface area contributed by atoms with Crippen molar-refractivity contribution >= 4 is 39.8 Å². The van der Waals surface area contributed by atoms with Crippen LogP contribution in [0.1, 0.15) is 47.5 Å². The average Bonchev–Trinajstić information content (AvgIpc) is 3.00. The standard InChI is InChI=1S/C19H22ClNO4S/c1-5-24-19(23)13-9-16(11(2)3)26-18(13)21-17(22)10-25-15-8-12(4)6-7-14(15)20/h6-9,11H,5,10H2,1-4H3,(H,21,22). The van der Waals surface area contributed by atoms with E-state index < -0.39 is 5.97 Å². The van der Waals surface area contributed by atoms with Crippen molar-refractivity contribution in [1.82, 2.24) is 0 Å². The first-order chi connectivity index (χ1) is 12.3. The fourth-order valence-corrected chi connectivity index (χ4v) is 3.41. The van der Waals surface area contributed by atoms with E-state index in [4.69, 9.17) is 21.1 Å². The highest BCUT2D eigenvalue weighted by molar-refractivity contribution is 7.16. The van der Waals surface area contributed by atoms with Gasteiger partial charge >= 0.3 is 5.97 Å². The molecule has 0 atom stereocenters. The fourth-order valence-electron chi connectivity index (χ4n) is 2.18. The number of halogens is 1. The minimum absolute atomic E-state index is 0.208. The molecular formula is C19H22ClNO4S. The fraction of sp³-hybridized carbons (Fsp3) is 0.368. The normalized spacial score (nSPS) is 10.7. The summed E-state index contributed by atoms with van der Waals surface area (Å²) in [6.07, 6.45) is 0. The number of esters is 1. The molecule has 1 heterocycles. The van der Waals surface area contributed by atoms with Crippen LogP contribution in [0.5, 0.6) is 5.75 Å². The Bertz CT molecular complexity index is 801. The molecule has 140 valence electrons. The van der Waals surface area contributed by atoms with Gasteiger partial charge in [-0.05, 0) is 43.5 Å². The molecule has 0 aliphatic rings. The predicted molar refractivity (Wildman–Crippen MR) is 105 cm³/mol. The van der Waals surface area contributed by atoms with Crippen molar-refractivity contribution in [2.24, 2.45) is 0 Å². The second kappa shape index (κ2) is 9.05. The maximum atomic E-state index is 12.3. The maximum Gasteiger partial charge on any atom is 0.341 e. The number of thiophene rings is 1. The molecule has 0 aliphatic carbocycles. The molecule has 1 aromatic carbocycles. The second-order valence-corrected chi connectivity index (χ2v) is 7.53. The third kappa shape index (κ3) is 5.22. The lowest BCUT2D eigenvalue weighted by Gasteiger charge is -2.09. The predicted octanol–water partition coefficient (Wildman–Crippen LogP) is 5.03. The number of rotatable bonds is 7. The maximum absolute atomic E-state index is 12.3. The number of aryl methyl sites for hydroxylation is 1. The van der Waals surface area contributed by atoms with Crippen LogP contribution in [0.4, 0.5) is 5.00 Å². The number of anilines is 1. The molecule has 1 N–H and O–H groups in total. The summed E-state index contributed by atoms with van der Waals surface area (Å²) >= 11 is 7.43. The highest BCUT2D eigenvalue weighted by Crippen LogP contribution is 2.33. The van der Waals surface area contributed by atoms with Crippen LogP contribution in [0.2, 0.25) is 5.02 Å². The molecule has 26 heavy (non-hydrogen) atoms. The topological polar surface area (TPSA) is 64.6 Å². The third-order valence-corrected chi connectivity index (χ3v) is 5.18. The smallest absolute Gasteiger partial charge is 0.341 e. The van der Waals surface area contributed by atoms with Gasteiger partial charge in [0.2, 0.25) is 0 Å². The molecule has 0 radical (unpaired) electrons. The molecule has 7 heteroatoms. The van der Waals surface area contributed by atoms with Gasteiger partial charge in [0, 0.05) is 4.88 Å². The van der Waals surface area contributed by atoms with Crippen LogP contribution < -0.4 is 10.1 Å². The van der Waals surface area contributed by atoms with Crippen molar-refractivity contribution in [3.63, 3.8) is 0 Å². The number of amides is 1. The number of ether oxygens (including phenoxy) is 2. The van der Waals surface area contributed by atoms with Crippen molar-refractivity contribution < 1.29 is 19.1 Å². The molecule has 1 aromatic heterocycles. The van der Waals surface area contributed by atoms with E-state index in [0.717, 1.165) is 10.4 Å². The lowest BCUT2D eigenvalue weighted by Crippen LogP contribution is -2.21. The van der Waals surface area contributed by atoms with Crippen molar-refractivity contribution in [2.45, 2.75) is 33.6 Å². The minimum atomic E-state index is -0.450. The Morgan fingerprint density at radius 1 is 1.27 bits per heavy atom. The largest absolute Gasteiger partial charge is 0.482 e. The molecule has 0 fully saturated rings. The zero-order valence-corrected chi connectivity index (χ0v) is 16.8. The van der Waals surface area contributed by atoms with Crippen LogP contribution in [0.15, 0.2) is 24.3 Å². The third-order valence-electron chi connectivity index (χ3n) is 3.51. The Morgan fingerprint density at radius 2 is 2.00 bits per heavy atom. The number of carbonyl (C=O) groups excluding carboxylic acids is 2. The van der Waals surface area contributed by atoms with Gasteiger partial charge in [-0.3, -0.25) is 4.79 Å². The molecule has 0 bridgehead atoms. The molecule has 0 spiro atoms. The van der Waals surface area contributed by atoms with Crippen LogP contribution in [0.3, 0.4) is 0 Å². The van der Waals surface area contributed by atoms with Gasteiger partial charge < -0.3 is 14.8 Å². The molecule has 0 aliphatic heterocycles. The monoisotopic (exact) mass is 395 g/mol. The zero-order chi connectivity index (χ0) is 19.3. The van der Waals surface area contributed by atoms with Gasteiger partial charge in [0.25, 0.3) is 5.91 Å². The van der Waals surface area contributed by atoms with Crippen LogP contribution in [0, 0.1) is 6.92 Å². The van der Waals surface area contributed by atoms with E-state index in [-0.39, 0.29) is 25.0 Å². The molecule has 0 unspecified atom stereocenters. The summed E-state index contributed by atoms with van der Waals surface area (Å²) < 4.78 is 10.6. The first-order valence-electron chi connectivity index (χ1n) is 8.31. The quantitative estimate of drug-likeness (QED) is 0.668. The van der Waals surface area contributed by atoms with Crippen molar-refractivity contribution in [3.8, 4) is 5.75 Å². The number of hydrogen-bond acceptors (Lipinski definition) is 5. The average molecular weight is 396 g/mol. The van der Waals surface area contributed by atoms with Crippen molar-refractivity contribution in [3.05, 3.63) is 45.3 Å². The molecule has 1 amide bonds. The summed E-state index contributed by atoms with van der Waals surface area (Å²) in [4.78, 5) is 25.4. The summed E-state index contributed by atoms with van der Waals surface area (Å²) in [5.41, 5.74) is 1.34. The number of hydrogen-bond donors (Lipinski definition) is 1. The number of benzene rings is 1. The molecule has 0 saturated heterocycles. The molecular weight excluding hydrogens is 374 g/mol. The van der Waals surface area contributed by atoms with E-state index in [1.807, 2.05) is 26.8 Å². The Labute approximate surface area is 162 Å². The first kappa shape index (κ1) is 20.3. The highest BCUT2D eigenvalue weighted by Gasteiger charge is 2.20. The molecule has 2 aromatic rings. The Morgan fingerprint density at radius 3 is 2.65 bits per heavy atom. The van der Waals surface area contributed by atoms with Gasteiger partial charge in [0.15, 0.2) is 6.61 Å². The summed E-state index contributed by atoms with van der Waals surface area (Å²) in [6.45, 7) is 7.76. The summed E-state index contributed by atoms with van der Waals surface area (Å²) in [7, 11) is 0. The van der Waals surface area contributed by atoms with E-state index in [1.165, 1.54) is 11.3 Å².